The Morgan fingerprint density at radius 2 is 2.08 bits per heavy atom. The highest BCUT2D eigenvalue weighted by molar-refractivity contribution is 5.74. The molecule has 0 bridgehead atoms. The number of imidazole rings is 1. The van der Waals surface area contributed by atoms with Gasteiger partial charge in [0.15, 0.2) is 0 Å². The van der Waals surface area contributed by atoms with Crippen LogP contribution in [0.2, 0.25) is 0 Å². The number of hydrogen-bond acceptors (Lipinski definition) is 2. The first-order valence-electron chi connectivity index (χ1n) is 8.21. The summed E-state index contributed by atoms with van der Waals surface area (Å²) in [5.74, 6) is 0.858. The standard InChI is InChI=1S/C19H26N4O/c1-5-11-23(19(24)21-15(2)3)14-18-20-10-12-22(18)13-17-8-6-16(4)7-9-17/h5-10,12,15H,1,11,13-14H2,2-4H3,(H,21,24). The Balaban J connectivity index is 2.10. The van der Waals surface area contributed by atoms with E-state index in [1.165, 1.54) is 11.1 Å². The summed E-state index contributed by atoms with van der Waals surface area (Å²) in [7, 11) is 0. The van der Waals surface area contributed by atoms with E-state index in [9.17, 15) is 4.79 Å². The highest BCUT2D eigenvalue weighted by atomic mass is 16.2. The molecule has 0 aliphatic carbocycles. The van der Waals surface area contributed by atoms with Crippen LogP contribution in [-0.2, 0) is 13.1 Å². The van der Waals surface area contributed by atoms with Crippen LogP contribution in [0.25, 0.3) is 0 Å². The van der Waals surface area contributed by atoms with Gasteiger partial charge < -0.3 is 14.8 Å². The third-order valence-electron chi connectivity index (χ3n) is 3.66. The van der Waals surface area contributed by atoms with Gasteiger partial charge in [0, 0.05) is 31.5 Å². The zero-order valence-corrected chi connectivity index (χ0v) is 14.7. The molecule has 1 aromatic heterocycles. The second kappa shape index (κ2) is 8.34. The number of carbonyl (C=O) groups excluding carboxylic acids is 1. The van der Waals surface area contributed by atoms with Crippen LogP contribution in [0, 0.1) is 6.92 Å². The molecule has 0 aliphatic heterocycles. The smallest absolute Gasteiger partial charge is 0.318 e. The van der Waals surface area contributed by atoms with Crippen LogP contribution in [0.15, 0.2) is 49.3 Å². The highest BCUT2D eigenvalue weighted by Crippen LogP contribution is 2.10. The van der Waals surface area contributed by atoms with E-state index in [2.05, 4.69) is 52.6 Å². The molecule has 2 amide bonds. The molecule has 0 spiro atoms. The predicted octanol–water partition coefficient (Wildman–Crippen LogP) is 3.35. The Labute approximate surface area is 144 Å². The number of carbonyl (C=O) groups is 1. The molecular formula is C19H26N4O. The van der Waals surface area contributed by atoms with Crippen molar-refractivity contribution < 1.29 is 4.79 Å². The molecule has 0 radical (unpaired) electrons. The Kier molecular flexibility index (Phi) is 6.18. The molecule has 1 heterocycles. The first kappa shape index (κ1) is 17.8. The number of nitrogens with one attached hydrogen (secondary N) is 1. The maximum atomic E-state index is 12.3. The molecule has 1 N–H and O–H groups in total. The molecule has 24 heavy (non-hydrogen) atoms. The molecule has 5 heteroatoms. The Bertz CT molecular complexity index is 673. The van der Waals surface area contributed by atoms with Gasteiger partial charge >= 0.3 is 6.03 Å². The van der Waals surface area contributed by atoms with E-state index in [4.69, 9.17) is 0 Å². The normalized spacial score (nSPS) is 10.7. The largest absolute Gasteiger partial charge is 0.336 e. The first-order valence-corrected chi connectivity index (χ1v) is 8.21. The number of benzene rings is 1. The van der Waals surface area contributed by atoms with Crippen molar-refractivity contribution in [2.45, 2.75) is 39.9 Å². The lowest BCUT2D eigenvalue weighted by molar-refractivity contribution is 0.196. The van der Waals surface area contributed by atoms with Crippen molar-refractivity contribution in [3.05, 3.63) is 66.3 Å². The second-order valence-corrected chi connectivity index (χ2v) is 6.23. The van der Waals surface area contributed by atoms with Gasteiger partial charge in [-0.2, -0.15) is 0 Å². The number of amides is 2. The van der Waals surface area contributed by atoms with Crippen LogP contribution in [0.4, 0.5) is 4.79 Å². The van der Waals surface area contributed by atoms with Crippen LogP contribution in [0.3, 0.4) is 0 Å². The molecule has 1 aromatic carbocycles. The summed E-state index contributed by atoms with van der Waals surface area (Å²) in [5, 5.41) is 2.92. The summed E-state index contributed by atoms with van der Waals surface area (Å²) in [6.45, 7) is 11.4. The third-order valence-corrected chi connectivity index (χ3v) is 3.66. The molecule has 0 saturated carbocycles. The highest BCUT2D eigenvalue weighted by Gasteiger charge is 2.16. The topological polar surface area (TPSA) is 50.2 Å². The summed E-state index contributed by atoms with van der Waals surface area (Å²) < 4.78 is 2.07. The average Bonchev–Trinajstić information content (AvgIpc) is 2.95. The quantitative estimate of drug-likeness (QED) is 0.793. The van der Waals surface area contributed by atoms with E-state index >= 15 is 0 Å². The van der Waals surface area contributed by atoms with E-state index in [1.54, 1.807) is 17.2 Å². The number of hydrogen-bond donors (Lipinski definition) is 1. The van der Waals surface area contributed by atoms with Gasteiger partial charge in [0.2, 0.25) is 0 Å². The van der Waals surface area contributed by atoms with E-state index in [-0.39, 0.29) is 12.1 Å². The Morgan fingerprint density at radius 3 is 2.71 bits per heavy atom. The summed E-state index contributed by atoms with van der Waals surface area (Å²) in [6, 6.07) is 8.43. The summed E-state index contributed by atoms with van der Waals surface area (Å²) in [5.41, 5.74) is 2.45. The number of nitrogens with zero attached hydrogens (tertiary/aromatic N) is 3. The molecule has 128 valence electrons. The van der Waals surface area contributed by atoms with Crippen LogP contribution >= 0.6 is 0 Å². The number of aromatic nitrogens is 2. The summed E-state index contributed by atoms with van der Waals surface area (Å²) >= 11 is 0. The van der Waals surface area contributed by atoms with Crippen LogP contribution in [0.5, 0.6) is 0 Å². The third kappa shape index (κ3) is 4.98. The number of rotatable bonds is 7. The zero-order valence-electron chi connectivity index (χ0n) is 14.7. The second-order valence-electron chi connectivity index (χ2n) is 6.23. The zero-order chi connectivity index (χ0) is 17.5. The van der Waals surface area contributed by atoms with Crippen molar-refractivity contribution in [1.29, 1.82) is 0 Å². The van der Waals surface area contributed by atoms with Gasteiger partial charge in [0.25, 0.3) is 0 Å². The molecule has 0 aliphatic rings. The van der Waals surface area contributed by atoms with E-state index < -0.39 is 0 Å². The molecule has 0 unspecified atom stereocenters. The SMILES string of the molecule is C=CCN(Cc1nccn1Cc1ccc(C)cc1)C(=O)NC(C)C. The van der Waals surface area contributed by atoms with Crippen LogP contribution < -0.4 is 5.32 Å². The molecule has 2 rings (SSSR count). The van der Waals surface area contributed by atoms with E-state index in [1.807, 2.05) is 20.0 Å². The van der Waals surface area contributed by atoms with Crippen molar-refractivity contribution in [1.82, 2.24) is 19.8 Å². The van der Waals surface area contributed by atoms with Crippen molar-refractivity contribution in [3.8, 4) is 0 Å². The van der Waals surface area contributed by atoms with Crippen molar-refractivity contribution >= 4 is 6.03 Å². The van der Waals surface area contributed by atoms with Gasteiger partial charge in [-0.3, -0.25) is 0 Å². The van der Waals surface area contributed by atoms with Gasteiger partial charge in [-0.25, -0.2) is 9.78 Å². The monoisotopic (exact) mass is 326 g/mol. The minimum absolute atomic E-state index is 0.0946. The van der Waals surface area contributed by atoms with Gasteiger partial charge in [0.05, 0.1) is 6.54 Å². The fraction of sp³-hybridized carbons (Fsp3) is 0.368. The molecule has 0 saturated heterocycles. The minimum Gasteiger partial charge on any atom is -0.336 e. The summed E-state index contributed by atoms with van der Waals surface area (Å²) in [6.07, 6.45) is 5.45. The molecule has 2 aromatic rings. The van der Waals surface area contributed by atoms with Crippen LogP contribution in [0.1, 0.15) is 30.8 Å². The molecule has 5 nitrogen and oxygen atoms in total. The van der Waals surface area contributed by atoms with Crippen molar-refractivity contribution in [3.63, 3.8) is 0 Å². The van der Waals surface area contributed by atoms with Gasteiger partial charge in [-0.15, -0.1) is 6.58 Å². The minimum atomic E-state index is -0.102. The fourth-order valence-corrected chi connectivity index (χ4v) is 2.41. The number of aryl methyl sites for hydroxylation is 1. The van der Waals surface area contributed by atoms with Gasteiger partial charge in [0.1, 0.15) is 5.82 Å². The van der Waals surface area contributed by atoms with Gasteiger partial charge in [-0.05, 0) is 26.3 Å². The van der Waals surface area contributed by atoms with E-state index in [0.717, 1.165) is 12.4 Å². The average molecular weight is 326 g/mol. The van der Waals surface area contributed by atoms with Crippen molar-refractivity contribution in [2.24, 2.45) is 0 Å². The molecular weight excluding hydrogens is 300 g/mol. The lowest BCUT2D eigenvalue weighted by atomic mass is 10.1. The number of urea groups is 1. The molecule has 0 atom stereocenters. The van der Waals surface area contributed by atoms with E-state index in [0.29, 0.717) is 13.1 Å². The molecule has 0 fully saturated rings. The lowest BCUT2D eigenvalue weighted by Gasteiger charge is -2.23. The van der Waals surface area contributed by atoms with Crippen molar-refractivity contribution in [2.75, 3.05) is 6.54 Å². The lowest BCUT2D eigenvalue weighted by Crippen LogP contribution is -2.43. The maximum Gasteiger partial charge on any atom is 0.318 e. The predicted molar refractivity (Wildman–Crippen MR) is 96.8 cm³/mol. The Morgan fingerprint density at radius 1 is 1.38 bits per heavy atom. The first-order chi connectivity index (χ1) is 11.5. The van der Waals surface area contributed by atoms with Crippen LogP contribution in [-0.4, -0.2) is 33.1 Å². The Hall–Kier alpha value is -2.56. The summed E-state index contributed by atoms with van der Waals surface area (Å²) in [4.78, 5) is 18.4. The fourth-order valence-electron chi connectivity index (χ4n) is 2.41. The van der Waals surface area contributed by atoms with Gasteiger partial charge in [-0.1, -0.05) is 35.9 Å². The maximum absolute atomic E-state index is 12.3.